The topological polar surface area (TPSA) is 57.2 Å². The number of hydrogen-bond acceptors (Lipinski definition) is 5. The number of carbonyl (C=O) groups excluding carboxylic acids is 1. The second-order valence-electron chi connectivity index (χ2n) is 7.28. The molecule has 6 heteroatoms. The number of ether oxygens (including phenoxy) is 4. The van der Waals surface area contributed by atoms with Crippen LogP contribution in [0, 0.1) is 0 Å². The predicted octanol–water partition coefficient (Wildman–Crippen LogP) is 3.99. The minimum atomic E-state index is 0.0839. The molecule has 2 aromatic rings. The third-order valence-corrected chi connectivity index (χ3v) is 5.37. The zero-order valence-electron chi connectivity index (χ0n) is 16.8. The van der Waals surface area contributed by atoms with Crippen LogP contribution in [0.2, 0.25) is 0 Å². The van der Waals surface area contributed by atoms with Crippen molar-refractivity contribution < 1.29 is 23.7 Å². The molecule has 0 bridgehead atoms. The fourth-order valence-corrected chi connectivity index (χ4v) is 3.87. The minimum Gasteiger partial charge on any atom is -0.497 e. The molecule has 2 aliphatic heterocycles. The van der Waals surface area contributed by atoms with Crippen molar-refractivity contribution in [2.24, 2.45) is 0 Å². The normalized spacial score (nSPS) is 18.2. The van der Waals surface area contributed by atoms with Crippen LogP contribution >= 0.6 is 0 Å². The van der Waals surface area contributed by atoms with Gasteiger partial charge in [-0.15, -0.1) is 0 Å². The van der Waals surface area contributed by atoms with Crippen LogP contribution in [0.15, 0.2) is 42.5 Å². The summed E-state index contributed by atoms with van der Waals surface area (Å²) in [7, 11) is 1.63. The average Bonchev–Trinajstić information content (AvgIpc) is 3.13. The van der Waals surface area contributed by atoms with Crippen LogP contribution in [0.3, 0.4) is 0 Å². The lowest BCUT2D eigenvalue weighted by molar-refractivity contribution is -0.132. The maximum absolute atomic E-state index is 12.8. The molecule has 2 aliphatic rings. The summed E-state index contributed by atoms with van der Waals surface area (Å²) in [5.41, 5.74) is 1.11. The quantitative estimate of drug-likeness (QED) is 0.738. The lowest BCUT2D eigenvalue weighted by Gasteiger charge is -2.26. The maximum Gasteiger partial charge on any atom is 0.226 e. The van der Waals surface area contributed by atoms with E-state index in [4.69, 9.17) is 18.9 Å². The molecule has 154 valence electrons. The molecule has 1 amide bonds. The van der Waals surface area contributed by atoms with Crippen molar-refractivity contribution in [3.63, 3.8) is 0 Å². The molecule has 0 radical (unpaired) electrons. The molecule has 1 saturated heterocycles. The number of benzene rings is 2. The Balaban J connectivity index is 1.36. The summed E-state index contributed by atoms with van der Waals surface area (Å²) in [4.78, 5) is 14.8. The molecule has 0 N–H and O–H groups in total. The summed E-state index contributed by atoms with van der Waals surface area (Å²) in [6.07, 6.45) is 3.20. The number of carbonyl (C=O) groups is 1. The fraction of sp³-hybridized carbons (Fsp3) is 0.435. The molecule has 1 unspecified atom stereocenters. The second-order valence-corrected chi connectivity index (χ2v) is 7.28. The summed E-state index contributed by atoms with van der Waals surface area (Å²) in [5.74, 6) is 3.20. The third-order valence-electron chi connectivity index (χ3n) is 5.37. The first kappa shape index (κ1) is 19.4. The Morgan fingerprint density at radius 2 is 1.79 bits per heavy atom. The van der Waals surface area contributed by atoms with Gasteiger partial charge in [-0.2, -0.15) is 0 Å². The van der Waals surface area contributed by atoms with Gasteiger partial charge in [0.2, 0.25) is 5.91 Å². The van der Waals surface area contributed by atoms with Crippen LogP contribution in [0.25, 0.3) is 0 Å². The van der Waals surface area contributed by atoms with Crippen LogP contribution in [0.5, 0.6) is 23.0 Å². The van der Waals surface area contributed by atoms with Gasteiger partial charge in [-0.05, 0) is 54.8 Å². The lowest BCUT2D eigenvalue weighted by Crippen LogP contribution is -2.31. The molecule has 0 spiro atoms. The smallest absolute Gasteiger partial charge is 0.226 e. The Hall–Kier alpha value is -2.89. The lowest BCUT2D eigenvalue weighted by atomic mass is 10.0. The highest BCUT2D eigenvalue weighted by atomic mass is 16.5. The van der Waals surface area contributed by atoms with Gasteiger partial charge in [-0.3, -0.25) is 4.79 Å². The Kier molecular flexibility index (Phi) is 6.08. The Bertz CT molecular complexity index is 836. The predicted molar refractivity (Wildman–Crippen MR) is 109 cm³/mol. The molecule has 4 rings (SSSR count). The molecule has 0 saturated carbocycles. The Morgan fingerprint density at radius 3 is 2.59 bits per heavy atom. The van der Waals surface area contributed by atoms with Crippen LogP contribution in [0.4, 0.5) is 0 Å². The van der Waals surface area contributed by atoms with Gasteiger partial charge >= 0.3 is 0 Å². The monoisotopic (exact) mass is 397 g/mol. The summed E-state index contributed by atoms with van der Waals surface area (Å²) in [5, 5.41) is 0. The van der Waals surface area contributed by atoms with Crippen molar-refractivity contribution >= 4 is 5.91 Å². The van der Waals surface area contributed by atoms with E-state index in [-0.39, 0.29) is 11.9 Å². The van der Waals surface area contributed by atoms with E-state index in [1.165, 1.54) is 0 Å². The molecular weight excluding hydrogens is 370 g/mol. The molecule has 1 fully saturated rings. The van der Waals surface area contributed by atoms with Gasteiger partial charge in [0.05, 0.1) is 39.4 Å². The van der Waals surface area contributed by atoms with Crippen molar-refractivity contribution in [3.05, 3.63) is 48.0 Å². The Morgan fingerprint density at radius 1 is 1.03 bits per heavy atom. The van der Waals surface area contributed by atoms with E-state index < -0.39 is 0 Å². The van der Waals surface area contributed by atoms with Crippen LogP contribution < -0.4 is 18.9 Å². The van der Waals surface area contributed by atoms with Crippen molar-refractivity contribution in [1.82, 2.24) is 4.90 Å². The first-order chi connectivity index (χ1) is 14.2. The first-order valence-corrected chi connectivity index (χ1v) is 10.2. The van der Waals surface area contributed by atoms with Crippen LogP contribution in [-0.4, -0.2) is 44.3 Å². The van der Waals surface area contributed by atoms with Gasteiger partial charge in [0, 0.05) is 13.0 Å². The van der Waals surface area contributed by atoms with E-state index in [0.717, 1.165) is 54.4 Å². The average molecular weight is 397 g/mol. The SMILES string of the molecule is COc1ccc(OCCC(=O)N2CCCC2c2ccc3c(c2)OCCCO3)cc1. The number of hydrogen-bond donors (Lipinski definition) is 0. The van der Waals surface area contributed by atoms with E-state index in [1.807, 2.05) is 41.3 Å². The van der Waals surface area contributed by atoms with Crippen LogP contribution in [0.1, 0.15) is 37.3 Å². The summed E-state index contributed by atoms with van der Waals surface area (Å²) >= 11 is 0. The van der Waals surface area contributed by atoms with Crippen molar-refractivity contribution in [1.29, 1.82) is 0 Å². The first-order valence-electron chi connectivity index (χ1n) is 10.2. The molecule has 29 heavy (non-hydrogen) atoms. The molecule has 0 aromatic heterocycles. The van der Waals surface area contributed by atoms with Crippen molar-refractivity contribution in [2.45, 2.75) is 31.7 Å². The highest BCUT2D eigenvalue weighted by Crippen LogP contribution is 2.38. The van der Waals surface area contributed by atoms with Gasteiger partial charge in [-0.1, -0.05) is 6.07 Å². The van der Waals surface area contributed by atoms with Crippen molar-refractivity contribution in [3.8, 4) is 23.0 Å². The summed E-state index contributed by atoms with van der Waals surface area (Å²) in [6, 6.07) is 13.5. The highest BCUT2D eigenvalue weighted by molar-refractivity contribution is 5.77. The molecule has 2 heterocycles. The number of fused-ring (bicyclic) bond motifs is 1. The largest absolute Gasteiger partial charge is 0.497 e. The second kappa shape index (κ2) is 9.07. The highest BCUT2D eigenvalue weighted by Gasteiger charge is 2.30. The number of rotatable bonds is 6. The fourth-order valence-electron chi connectivity index (χ4n) is 3.87. The van der Waals surface area contributed by atoms with Gasteiger partial charge in [0.15, 0.2) is 11.5 Å². The Labute approximate surface area is 171 Å². The van der Waals surface area contributed by atoms with Crippen LogP contribution in [-0.2, 0) is 4.79 Å². The van der Waals surface area contributed by atoms with Crippen molar-refractivity contribution in [2.75, 3.05) is 33.5 Å². The number of methoxy groups -OCH3 is 1. The maximum atomic E-state index is 12.8. The van der Waals surface area contributed by atoms with Gasteiger partial charge in [0.25, 0.3) is 0 Å². The number of amides is 1. The van der Waals surface area contributed by atoms with E-state index in [9.17, 15) is 4.79 Å². The number of likely N-dealkylation sites (tertiary alicyclic amines) is 1. The summed E-state index contributed by atoms with van der Waals surface area (Å²) < 4.78 is 22.4. The summed E-state index contributed by atoms with van der Waals surface area (Å²) in [6.45, 7) is 2.47. The molecule has 0 aliphatic carbocycles. The van der Waals surface area contributed by atoms with E-state index in [2.05, 4.69) is 6.07 Å². The standard InChI is InChI=1S/C23H27NO5/c1-26-18-6-8-19(9-7-18)27-15-11-23(25)24-12-2-4-20(24)17-5-10-21-22(16-17)29-14-3-13-28-21/h5-10,16,20H,2-4,11-15H2,1H3. The zero-order chi connectivity index (χ0) is 20.1. The minimum absolute atomic E-state index is 0.0839. The number of nitrogens with zero attached hydrogens (tertiary/aromatic N) is 1. The molecule has 2 aromatic carbocycles. The van der Waals surface area contributed by atoms with E-state index in [0.29, 0.717) is 26.2 Å². The van der Waals surface area contributed by atoms with E-state index in [1.54, 1.807) is 7.11 Å². The van der Waals surface area contributed by atoms with Gasteiger partial charge in [0.1, 0.15) is 11.5 Å². The zero-order valence-corrected chi connectivity index (χ0v) is 16.8. The molecular formula is C23H27NO5. The molecule has 1 atom stereocenters. The van der Waals surface area contributed by atoms with E-state index >= 15 is 0 Å². The van der Waals surface area contributed by atoms with Gasteiger partial charge < -0.3 is 23.8 Å². The van der Waals surface area contributed by atoms with Gasteiger partial charge in [-0.25, -0.2) is 0 Å². The molecule has 6 nitrogen and oxygen atoms in total. The third kappa shape index (κ3) is 4.58.